The van der Waals surface area contributed by atoms with Crippen LogP contribution in [0.5, 0.6) is 5.75 Å². The third kappa shape index (κ3) is 3.21. The zero-order valence-corrected chi connectivity index (χ0v) is 11.8. The molecule has 0 fully saturated rings. The van der Waals surface area contributed by atoms with Crippen LogP contribution in [0.15, 0.2) is 47.7 Å². The summed E-state index contributed by atoms with van der Waals surface area (Å²) < 4.78 is 10.1. The molecule has 1 aliphatic carbocycles. The number of hydrogen-bond acceptors (Lipinski definition) is 4. The van der Waals surface area contributed by atoms with E-state index < -0.39 is 5.79 Å². The van der Waals surface area contributed by atoms with Gasteiger partial charge in [0.15, 0.2) is 5.76 Å². The Morgan fingerprint density at radius 2 is 1.80 bits per heavy atom. The lowest BCUT2D eigenvalue weighted by Gasteiger charge is -2.29. The second-order valence-corrected chi connectivity index (χ2v) is 4.89. The summed E-state index contributed by atoms with van der Waals surface area (Å²) in [5, 5.41) is 19.7. The number of rotatable bonds is 5. The van der Waals surface area contributed by atoms with Gasteiger partial charge in [-0.05, 0) is 36.6 Å². The molecule has 0 bridgehead atoms. The third-order valence-corrected chi connectivity index (χ3v) is 3.58. The number of benzene rings is 1. The van der Waals surface area contributed by atoms with Gasteiger partial charge in [0.2, 0.25) is 5.79 Å². The molecule has 2 N–H and O–H groups in total. The van der Waals surface area contributed by atoms with Crippen LogP contribution in [0, 0.1) is 0 Å². The maximum Gasteiger partial charge on any atom is 0.228 e. The molecule has 1 aliphatic rings. The van der Waals surface area contributed by atoms with Crippen molar-refractivity contribution < 1.29 is 19.7 Å². The van der Waals surface area contributed by atoms with Crippen molar-refractivity contribution >= 4 is 0 Å². The van der Waals surface area contributed by atoms with Gasteiger partial charge in [-0.2, -0.15) is 0 Å². The zero-order valence-electron chi connectivity index (χ0n) is 11.8. The van der Waals surface area contributed by atoms with Gasteiger partial charge in [0.1, 0.15) is 5.75 Å². The molecule has 4 nitrogen and oxygen atoms in total. The Morgan fingerprint density at radius 1 is 1.10 bits per heavy atom. The van der Waals surface area contributed by atoms with Crippen molar-refractivity contribution in [3.8, 4) is 5.75 Å². The lowest BCUT2D eigenvalue weighted by Crippen LogP contribution is -2.35. The van der Waals surface area contributed by atoms with Crippen molar-refractivity contribution in [1.29, 1.82) is 0 Å². The van der Waals surface area contributed by atoms with E-state index in [1.807, 2.05) is 30.3 Å². The van der Waals surface area contributed by atoms with Gasteiger partial charge in [0.25, 0.3) is 0 Å². The summed E-state index contributed by atoms with van der Waals surface area (Å²) in [6, 6.07) is 7.92. The molecule has 1 unspecified atom stereocenters. The van der Waals surface area contributed by atoms with Crippen molar-refractivity contribution in [1.82, 2.24) is 0 Å². The summed E-state index contributed by atoms with van der Waals surface area (Å²) in [7, 11) is 3.03. The minimum atomic E-state index is -1.58. The maximum absolute atomic E-state index is 10.1. The minimum absolute atomic E-state index is 0.145. The Morgan fingerprint density at radius 3 is 2.40 bits per heavy atom. The molecule has 0 aliphatic heterocycles. The van der Waals surface area contributed by atoms with Gasteiger partial charge in [-0.1, -0.05) is 23.8 Å². The first-order chi connectivity index (χ1) is 9.57. The van der Waals surface area contributed by atoms with Crippen molar-refractivity contribution in [3.63, 3.8) is 0 Å². The topological polar surface area (TPSA) is 58.9 Å². The SMILES string of the molecule is COc1ccc(CCC2=CC=C(O)C(O)(OC)C2)cc1. The Kier molecular flexibility index (Phi) is 4.47. The fraction of sp³-hybridized carbons (Fsp3) is 0.375. The Hall–Kier alpha value is -1.78. The third-order valence-electron chi connectivity index (χ3n) is 3.58. The summed E-state index contributed by atoms with van der Waals surface area (Å²) >= 11 is 0. The average Bonchev–Trinajstić information content (AvgIpc) is 2.49. The van der Waals surface area contributed by atoms with Gasteiger partial charge < -0.3 is 19.7 Å². The van der Waals surface area contributed by atoms with Crippen molar-refractivity contribution in [2.24, 2.45) is 0 Å². The Balaban J connectivity index is 1.97. The van der Waals surface area contributed by atoms with Crippen LogP contribution < -0.4 is 4.74 Å². The first-order valence-corrected chi connectivity index (χ1v) is 6.57. The molecule has 2 rings (SSSR count). The normalized spacial score (nSPS) is 22.1. The zero-order chi connectivity index (χ0) is 14.6. The van der Waals surface area contributed by atoms with E-state index in [4.69, 9.17) is 9.47 Å². The van der Waals surface area contributed by atoms with E-state index in [0.717, 1.165) is 24.2 Å². The molecule has 0 saturated carbocycles. The summed E-state index contributed by atoms with van der Waals surface area (Å²) in [5.41, 5.74) is 2.24. The van der Waals surface area contributed by atoms with E-state index in [2.05, 4.69) is 0 Å². The minimum Gasteiger partial charge on any atom is -0.507 e. The number of aliphatic hydroxyl groups excluding tert-OH is 1. The highest BCUT2D eigenvalue weighted by molar-refractivity contribution is 5.30. The van der Waals surface area contributed by atoms with Crippen LogP contribution >= 0.6 is 0 Å². The van der Waals surface area contributed by atoms with Gasteiger partial charge >= 0.3 is 0 Å². The number of methoxy groups -OCH3 is 2. The van der Waals surface area contributed by atoms with E-state index >= 15 is 0 Å². The summed E-state index contributed by atoms with van der Waals surface area (Å²) in [5.74, 6) is -0.885. The van der Waals surface area contributed by atoms with Crippen LogP contribution in [0.2, 0.25) is 0 Å². The van der Waals surface area contributed by atoms with E-state index in [-0.39, 0.29) is 5.76 Å². The highest BCUT2D eigenvalue weighted by Gasteiger charge is 2.34. The smallest absolute Gasteiger partial charge is 0.228 e. The number of aliphatic hydroxyl groups is 2. The standard InChI is InChI=1S/C16H20O4/c1-19-14-8-5-12(6-9-14)3-4-13-7-10-15(17)16(18,11-13)20-2/h5-10,17-18H,3-4,11H2,1-2H3. The molecular weight excluding hydrogens is 256 g/mol. The molecule has 0 radical (unpaired) electrons. The van der Waals surface area contributed by atoms with Gasteiger partial charge in [0.05, 0.1) is 7.11 Å². The van der Waals surface area contributed by atoms with Crippen molar-refractivity contribution in [2.45, 2.75) is 25.0 Å². The second kappa shape index (κ2) is 6.11. The monoisotopic (exact) mass is 276 g/mol. The molecule has 1 aromatic rings. The molecule has 0 aromatic heterocycles. The molecule has 1 atom stereocenters. The highest BCUT2D eigenvalue weighted by atomic mass is 16.6. The highest BCUT2D eigenvalue weighted by Crippen LogP contribution is 2.30. The molecule has 0 saturated heterocycles. The molecule has 0 spiro atoms. The fourth-order valence-corrected chi connectivity index (χ4v) is 2.23. The fourth-order valence-electron chi connectivity index (χ4n) is 2.23. The predicted molar refractivity (Wildman–Crippen MR) is 76.7 cm³/mol. The van der Waals surface area contributed by atoms with Crippen molar-refractivity contribution in [3.05, 3.63) is 53.3 Å². The quantitative estimate of drug-likeness (QED) is 0.812. The lowest BCUT2D eigenvalue weighted by molar-refractivity contribution is -0.176. The molecule has 0 heterocycles. The van der Waals surface area contributed by atoms with E-state index in [0.29, 0.717) is 6.42 Å². The van der Waals surface area contributed by atoms with Gasteiger partial charge in [-0.25, -0.2) is 0 Å². The van der Waals surface area contributed by atoms with Gasteiger partial charge in [0, 0.05) is 13.5 Å². The van der Waals surface area contributed by atoms with Crippen LogP contribution in [0.25, 0.3) is 0 Å². The van der Waals surface area contributed by atoms with Crippen LogP contribution in [-0.4, -0.2) is 30.2 Å². The first-order valence-electron chi connectivity index (χ1n) is 6.57. The summed E-state index contributed by atoms with van der Waals surface area (Å²) in [4.78, 5) is 0. The molecular formula is C16H20O4. The Labute approximate surface area is 119 Å². The molecule has 0 amide bonds. The maximum atomic E-state index is 10.1. The second-order valence-electron chi connectivity index (χ2n) is 4.89. The van der Waals surface area contributed by atoms with Crippen LogP contribution in [0.4, 0.5) is 0 Å². The Bertz CT molecular complexity index is 516. The van der Waals surface area contributed by atoms with E-state index in [1.54, 1.807) is 7.11 Å². The predicted octanol–water partition coefficient (Wildman–Crippen LogP) is 2.73. The number of ether oxygens (including phenoxy) is 2. The van der Waals surface area contributed by atoms with Crippen LogP contribution in [0.3, 0.4) is 0 Å². The van der Waals surface area contributed by atoms with Crippen LogP contribution in [-0.2, 0) is 11.2 Å². The van der Waals surface area contributed by atoms with Crippen molar-refractivity contribution in [2.75, 3.05) is 14.2 Å². The summed E-state index contributed by atoms with van der Waals surface area (Å²) in [6.45, 7) is 0. The molecule has 108 valence electrons. The number of hydrogen-bond donors (Lipinski definition) is 2. The number of allylic oxidation sites excluding steroid dienone is 2. The van der Waals surface area contributed by atoms with Gasteiger partial charge in [-0.15, -0.1) is 0 Å². The number of aryl methyl sites for hydroxylation is 1. The molecule has 1 aromatic carbocycles. The largest absolute Gasteiger partial charge is 0.507 e. The van der Waals surface area contributed by atoms with Crippen LogP contribution in [0.1, 0.15) is 18.4 Å². The molecule has 4 heteroatoms. The summed E-state index contributed by atoms with van der Waals surface area (Å²) in [6.07, 6.45) is 5.30. The molecule has 20 heavy (non-hydrogen) atoms. The average molecular weight is 276 g/mol. The van der Waals surface area contributed by atoms with Gasteiger partial charge in [-0.3, -0.25) is 0 Å². The van der Waals surface area contributed by atoms with E-state index in [9.17, 15) is 10.2 Å². The lowest BCUT2D eigenvalue weighted by atomic mass is 9.93. The van der Waals surface area contributed by atoms with E-state index in [1.165, 1.54) is 18.7 Å². The first kappa shape index (κ1) is 14.6.